The third kappa shape index (κ3) is 4.57. The summed E-state index contributed by atoms with van der Waals surface area (Å²) >= 11 is 0. The van der Waals surface area contributed by atoms with Crippen molar-refractivity contribution in [2.75, 3.05) is 11.9 Å². The Kier molecular flexibility index (Phi) is 5.55. The molecule has 0 aromatic heterocycles. The minimum absolute atomic E-state index is 0.193. The van der Waals surface area contributed by atoms with Crippen LogP contribution in [-0.4, -0.2) is 23.7 Å². The molecule has 0 aliphatic heterocycles. The fourth-order valence-electron chi connectivity index (χ4n) is 1.59. The Morgan fingerprint density at radius 1 is 1.25 bits per heavy atom. The predicted octanol–water partition coefficient (Wildman–Crippen LogP) is 3.11. The van der Waals surface area contributed by atoms with E-state index in [2.05, 4.69) is 31.4 Å². The van der Waals surface area contributed by atoms with Crippen molar-refractivity contribution in [3.63, 3.8) is 0 Å². The molecule has 1 aromatic carbocycles. The number of anilines is 1. The number of urea groups is 1. The molecule has 0 heterocycles. The van der Waals surface area contributed by atoms with Gasteiger partial charge in [0.25, 0.3) is 0 Å². The lowest BCUT2D eigenvalue weighted by Crippen LogP contribution is -2.33. The van der Waals surface area contributed by atoms with Gasteiger partial charge in [0.1, 0.15) is 0 Å². The van der Waals surface area contributed by atoms with Gasteiger partial charge in [0.05, 0.1) is 5.56 Å². The Morgan fingerprint density at radius 3 is 2.45 bits per heavy atom. The van der Waals surface area contributed by atoms with Gasteiger partial charge in [-0.15, -0.1) is 0 Å². The molecule has 0 aliphatic rings. The van der Waals surface area contributed by atoms with Crippen LogP contribution in [0.3, 0.4) is 0 Å². The number of amides is 2. The van der Waals surface area contributed by atoms with Gasteiger partial charge in [-0.25, -0.2) is 9.59 Å². The Hall–Kier alpha value is -2.04. The zero-order valence-electron chi connectivity index (χ0n) is 12.4. The minimum atomic E-state index is -1.00. The standard InChI is InChI=1S/C15H22N2O3/c1-9(2)11(4)8-16-15(20)17-12-6-5-10(3)13(7-12)14(18)19/h5-7,9,11H,8H2,1-4H3,(H,18,19)(H2,16,17,20). The molecule has 20 heavy (non-hydrogen) atoms. The van der Waals surface area contributed by atoms with Crippen molar-refractivity contribution in [3.05, 3.63) is 29.3 Å². The fraction of sp³-hybridized carbons (Fsp3) is 0.467. The first-order valence-electron chi connectivity index (χ1n) is 6.70. The summed E-state index contributed by atoms with van der Waals surface area (Å²) in [5.74, 6) is -0.123. The first kappa shape index (κ1) is 16.0. The van der Waals surface area contributed by atoms with E-state index in [0.717, 1.165) is 0 Å². The van der Waals surface area contributed by atoms with E-state index >= 15 is 0 Å². The second-order valence-corrected chi connectivity index (χ2v) is 5.39. The molecule has 1 unspecified atom stereocenters. The average molecular weight is 278 g/mol. The van der Waals surface area contributed by atoms with Gasteiger partial charge in [-0.2, -0.15) is 0 Å². The number of carboxylic acids is 1. The topological polar surface area (TPSA) is 78.4 Å². The van der Waals surface area contributed by atoms with Gasteiger partial charge >= 0.3 is 12.0 Å². The Bertz CT molecular complexity index is 498. The molecule has 0 radical (unpaired) electrons. The largest absolute Gasteiger partial charge is 0.478 e. The molecule has 5 heteroatoms. The van der Waals surface area contributed by atoms with Gasteiger partial charge in [-0.05, 0) is 36.5 Å². The van der Waals surface area contributed by atoms with Crippen LogP contribution in [0.1, 0.15) is 36.7 Å². The highest BCUT2D eigenvalue weighted by Crippen LogP contribution is 2.15. The summed E-state index contributed by atoms with van der Waals surface area (Å²) in [7, 11) is 0. The molecular weight excluding hydrogens is 256 g/mol. The van der Waals surface area contributed by atoms with Crippen LogP contribution in [0.5, 0.6) is 0 Å². The monoisotopic (exact) mass is 278 g/mol. The van der Waals surface area contributed by atoms with Crippen molar-refractivity contribution in [2.24, 2.45) is 11.8 Å². The predicted molar refractivity (Wildman–Crippen MR) is 79.2 cm³/mol. The molecule has 1 rings (SSSR count). The molecule has 0 saturated heterocycles. The summed E-state index contributed by atoms with van der Waals surface area (Å²) < 4.78 is 0. The molecule has 0 fully saturated rings. The van der Waals surface area contributed by atoms with Crippen molar-refractivity contribution in [3.8, 4) is 0 Å². The van der Waals surface area contributed by atoms with Crippen molar-refractivity contribution in [2.45, 2.75) is 27.7 Å². The molecule has 0 spiro atoms. The number of carbonyl (C=O) groups is 2. The maximum Gasteiger partial charge on any atom is 0.336 e. The van der Waals surface area contributed by atoms with E-state index in [-0.39, 0.29) is 11.6 Å². The van der Waals surface area contributed by atoms with Gasteiger partial charge < -0.3 is 15.7 Å². The SMILES string of the molecule is Cc1ccc(NC(=O)NCC(C)C(C)C)cc1C(=O)O. The van der Waals surface area contributed by atoms with E-state index in [1.165, 1.54) is 6.07 Å². The van der Waals surface area contributed by atoms with E-state index in [1.54, 1.807) is 19.1 Å². The number of rotatable bonds is 5. The maximum atomic E-state index is 11.7. The molecule has 0 saturated carbocycles. The normalized spacial score (nSPS) is 12.1. The number of carboxylic acid groups (broad SMARTS) is 1. The highest BCUT2D eigenvalue weighted by atomic mass is 16.4. The minimum Gasteiger partial charge on any atom is -0.478 e. The summed E-state index contributed by atoms with van der Waals surface area (Å²) in [5.41, 5.74) is 1.33. The summed E-state index contributed by atoms with van der Waals surface area (Å²) in [4.78, 5) is 22.8. The van der Waals surface area contributed by atoms with Gasteiger partial charge in [-0.3, -0.25) is 0 Å². The third-order valence-corrected chi connectivity index (χ3v) is 3.45. The van der Waals surface area contributed by atoms with Crippen LogP contribution >= 0.6 is 0 Å². The van der Waals surface area contributed by atoms with Crippen molar-refractivity contribution < 1.29 is 14.7 Å². The molecule has 1 aromatic rings. The number of hydrogen-bond donors (Lipinski definition) is 3. The first-order chi connectivity index (χ1) is 9.31. The molecule has 5 nitrogen and oxygen atoms in total. The van der Waals surface area contributed by atoms with Crippen molar-refractivity contribution in [1.29, 1.82) is 0 Å². The fourth-order valence-corrected chi connectivity index (χ4v) is 1.59. The molecular formula is C15H22N2O3. The third-order valence-electron chi connectivity index (χ3n) is 3.45. The zero-order valence-corrected chi connectivity index (χ0v) is 12.4. The number of nitrogens with one attached hydrogen (secondary N) is 2. The number of benzene rings is 1. The van der Waals surface area contributed by atoms with E-state index in [4.69, 9.17) is 5.11 Å². The van der Waals surface area contributed by atoms with Crippen LogP contribution in [0, 0.1) is 18.8 Å². The van der Waals surface area contributed by atoms with E-state index in [0.29, 0.717) is 29.6 Å². The van der Waals surface area contributed by atoms with Crippen LogP contribution in [0.15, 0.2) is 18.2 Å². The highest BCUT2D eigenvalue weighted by molar-refractivity contribution is 5.94. The van der Waals surface area contributed by atoms with Gasteiger partial charge in [-0.1, -0.05) is 26.8 Å². The molecule has 0 aliphatic carbocycles. The number of carbonyl (C=O) groups excluding carboxylic acids is 1. The zero-order chi connectivity index (χ0) is 15.3. The molecule has 3 N–H and O–H groups in total. The van der Waals surface area contributed by atoms with Crippen LogP contribution in [0.4, 0.5) is 10.5 Å². The molecule has 1 atom stereocenters. The number of aryl methyl sites for hydroxylation is 1. The summed E-state index contributed by atoms with van der Waals surface area (Å²) in [5, 5.41) is 14.5. The Labute approximate surface area is 119 Å². The van der Waals surface area contributed by atoms with Crippen LogP contribution in [-0.2, 0) is 0 Å². The molecule has 110 valence electrons. The second kappa shape index (κ2) is 6.93. The Balaban J connectivity index is 2.62. The first-order valence-corrected chi connectivity index (χ1v) is 6.70. The number of hydrogen-bond acceptors (Lipinski definition) is 2. The summed E-state index contributed by atoms with van der Waals surface area (Å²) in [6.07, 6.45) is 0. The lowest BCUT2D eigenvalue weighted by Gasteiger charge is -2.16. The summed E-state index contributed by atoms with van der Waals surface area (Å²) in [6, 6.07) is 4.50. The van der Waals surface area contributed by atoms with Gasteiger partial charge in [0.2, 0.25) is 0 Å². The van der Waals surface area contributed by atoms with Crippen molar-refractivity contribution in [1.82, 2.24) is 5.32 Å². The van der Waals surface area contributed by atoms with E-state index < -0.39 is 5.97 Å². The van der Waals surface area contributed by atoms with Gasteiger partial charge in [0.15, 0.2) is 0 Å². The van der Waals surface area contributed by atoms with Crippen molar-refractivity contribution >= 4 is 17.7 Å². The van der Waals surface area contributed by atoms with Gasteiger partial charge in [0, 0.05) is 12.2 Å². The highest BCUT2D eigenvalue weighted by Gasteiger charge is 2.11. The van der Waals surface area contributed by atoms with E-state index in [1.807, 2.05) is 0 Å². The lowest BCUT2D eigenvalue weighted by molar-refractivity contribution is 0.0696. The molecule has 2 amide bonds. The smallest absolute Gasteiger partial charge is 0.336 e. The van der Waals surface area contributed by atoms with Crippen LogP contribution in [0.2, 0.25) is 0 Å². The lowest BCUT2D eigenvalue weighted by atomic mass is 9.98. The summed E-state index contributed by atoms with van der Waals surface area (Å²) in [6.45, 7) is 8.57. The molecule has 0 bridgehead atoms. The average Bonchev–Trinajstić information content (AvgIpc) is 2.37. The maximum absolute atomic E-state index is 11.7. The van der Waals surface area contributed by atoms with Crippen LogP contribution < -0.4 is 10.6 Å². The quantitative estimate of drug-likeness (QED) is 0.774. The second-order valence-electron chi connectivity index (χ2n) is 5.39. The Morgan fingerprint density at radius 2 is 1.90 bits per heavy atom. The van der Waals surface area contributed by atoms with E-state index in [9.17, 15) is 9.59 Å². The number of aromatic carboxylic acids is 1. The van der Waals surface area contributed by atoms with Crippen LogP contribution in [0.25, 0.3) is 0 Å².